The van der Waals surface area contributed by atoms with E-state index >= 15 is 0 Å². The highest BCUT2D eigenvalue weighted by Gasteiger charge is 2.25. The molecule has 0 saturated carbocycles. The quantitative estimate of drug-likeness (QED) is 0.627. The molecule has 0 bridgehead atoms. The number of hydrogen-bond donors (Lipinski definition) is 3. The van der Waals surface area contributed by atoms with Crippen LogP contribution in [-0.2, 0) is 14.4 Å². The molecule has 7 heteroatoms. The monoisotopic (exact) mass is 265 g/mol. The molecule has 19 heavy (non-hydrogen) atoms. The fourth-order valence-corrected chi connectivity index (χ4v) is 1.54. The van der Waals surface area contributed by atoms with Gasteiger partial charge in [0.2, 0.25) is 11.8 Å². The molecule has 102 valence electrons. The smallest absolute Gasteiger partial charge is 0.323 e. The highest BCUT2D eigenvalue weighted by molar-refractivity contribution is 6.01. The predicted octanol–water partition coefficient (Wildman–Crippen LogP) is -0.693. The number of rotatable bonds is 6. The minimum atomic E-state index is -1.18. The van der Waals surface area contributed by atoms with Crippen LogP contribution in [-0.4, -0.2) is 35.5 Å². The topological polar surface area (TPSA) is 127 Å². The second kappa shape index (κ2) is 6.50. The maximum absolute atomic E-state index is 12.0. The van der Waals surface area contributed by atoms with Crippen molar-refractivity contribution in [1.29, 1.82) is 0 Å². The summed E-state index contributed by atoms with van der Waals surface area (Å²) in [5.41, 5.74) is 10.9. The van der Waals surface area contributed by atoms with Gasteiger partial charge in [0.25, 0.3) is 0 Å². The summed E-state index contributed by atoms with van der Waals surface area (Å²) in [5, 5.41) is 8.83. The lowest BCUT2D eigenvalue weighted by Gasteiger charge is -2.23. The van der Waals surface area contributed by atoms with Crippen molar-refractivity contribution in [2.75, 3.05) is 11.4 Å². The highest BCUT2D eigenvalue weighted by Crippen LogP contribution is 2.14. The molecule has 0 aromatic heterocycles. The molecule has 1 rings (SSSR count). The van der Waals surface area contributed by atoms with E-state index in [0.717, 1.165) is 4.90 Å². The van der Waals surface area contributed by atoms with Gasteiger partial charge in [-0.25, -0.2) is 0 Å². The molecule has 5 N–H and O–H groups in total. The molecule has 1 unspecified atom stereocenters. The van der Waals surface area contributed by atoms with Crippen LogP contribution in [0.2, 0.25) is 0 Å². The van der Waals surface area contributed by atoms with E-state index in [1.165, 1.54) is 0 Å². The van der Waals surface area contributed by atoms with E-state index in [0.29, 0.717) is 5.69 Å². The first kappa shape index (κ1) is 14.7. The number of hydrogen-bond acceptors (Lipinski definition) is 4. The van der Waals surface area contributed by atoms with Crippen LogP contribution >= 0.6 is 0 Å². The molecule has 1 aromatic rings. The van der Waals surface area contributed by atoms with Crippen LogP contribution in [0.25, 0.3) is 0 Å². The van der Waals surface area contributed by atoms with E-state index in [1.54, 1.807) is 30.3 Å². The van der Waals surface area contributed by atoms with Crippen LogP contribution in [0.4, 0.5) is 5.69 Å². The number of anilines is 1. The van der Waals surface area contributed by atoms with E-state index in [2.05, 4.69) is 0 Å². The van der Waals surface area contributed by atoms with Crippen molar-refractivity contribution in [2.24, 2.45) is 11.5 Å². The van der Waals surface area contributed by atoms with Gasteiger partial charge >= 0.3 is 5.97 Å². The molecule has 0 spiro atoms. The van der Waals surface area contributed by atoms with E-state index in [9.17, 15) is 14.4 Å². The average molecular weight is 265 g/mol. The Morgan fingerprint density at radius 2 is 1.79 bits per heavy atom. The van der Waals surface area contributed by atoms with Crippen molar-refractivity contribution in [3.63, 3.8) is 0 Å². The number of carbonyl (C=O) groups excluding carboxylic acids is 2. The van der Waals surface area contributed by atoms with Crippen molar-refractivity contribution in [2.45, 2.75) is 12.5 Å². The van der Waals surface area contributed by atoms with Gasteiger partial charge < -0.3 is 16.6 Å². The molecule has 2 amide bonds. The Morgan fingerprint density at radius 1 is 1.21 bits per heavy atom. The summed E-state index contributed by atoms with van der Waals surface area (Å²) in [6.07, 6.45) is -0.332. The molecule has 0 fully saturated rings. The normalized spacial score (nSPS) is 11.6. The summed E-state index contributed by atoms with van der Waals surface area (Å²) in [7, 11) is 0. The summed E-state index contributed by atoms with van der Waals surface area (Å²) >= 11 is 0. The third-order valence-corrected chi connectivity index (χ3v) is 2.37. The summed E-state index contributed by atoms with van der Waals surface area (Å²) in [4.78, 5) is 34.6. The van der Waals surface area contributed by atoms with Gasteiger partial charge in [0.1, 0.15) is 6.54 Å². The van der Waals surface area contributed by atoms with Gasteiger partial charge in [-0.15, -0.1) is 0 Å². The van der Waals surface area contributed by atoms with Crippen LogP contribution < -0.4 is 16.4 Å². The summed E-state index contributed by atoms with van der Waals surface area (Å²) in [6.45, 7) is -0.532. The Kier molecular flexibility index (Phi) is 5.01. The summed E-state index contributed by atoms with van der Waals surface area (Å²) < 4.78 is 0. The van der Waals surface area contributed by atoms with Gasteiger partial charge in [0.15, 0.2) is 0 Å². The maximum atomic E-state index is 12.0. The Balaban J connectivity index is 2.94. The Bertz CT molecular complexity index is 475. The second-order valence-electron chi connectivity index (χ2n) is 3.93. The van der Waals surface area contributed by atoms with Crippen LogP contribution in [0, 0.1) is 0 Å². The van der Waals surface area contributed by atoms with E-state index < -0.39 is 30.4 Å². The average Bonchev–Trinajstić information content (AvgIpc) is 2.35. The lowest BCUT2D eigenvalue weighted by molar-refractivity contribution is -0.136. The lowest BCUT2D eigenvalue weighted by atomic mass is 10.1. The number of nitrogens with zero attached hydrogens (tertiary/aromatic N) is 1. The van der Waals surface area contributed by atoms with Crippen LogP contribution in [0.3, 0.4) is 0 Å². The van der Waals surface area contributed by atoms with Crippen molar-refractivity contribution in [3.05, 3.63) is 30.3 Å². The van der Waals surface area contributed by atoms with Gasteiger partial charge in [-0.1, -0.05) is 18.2 Å². The minimum Gasteiger partial charge on any atom is -0.480 e. The van der Waals surface area contributed by atoms with Crippen molar-refractivity contribution < 1.29 is 19.5 Å². The molecule has 0 aliphatic heterocycles. The van der Waals surface area contributed by atoms with Crippen LogP contribution in [0.5, 0.6) is 0 Å². The molecule has 1 atom stereocenters. The zero-order valence-corrected chi connectivity index (χ0v) is 10.2. The van der Waals surface area contributed by atoms with Gasteiger partial charge in [0, 0.05) is 5.69 Å². The zero-order valence-electron chi connectivity index (χ0n) is 10.2. The Labute approximate surface area is 109 Å². The standard InChI is InChI=1S/C12H15N3O4/c13-9(6-10(14)16)12(19)15(7-11(17)18)8-4-2-1-3-5-8/h1-5,9H,6-7,13H2,(H2,14,16)(H,17,18). The third kappa shape index (κ3) is 4.40. The SMILES string of the molecule is NC(=O)CC(N)C(=O)N(CC(=O)O)c1ccccc1. The molecule has 0 heterocycles. The lowest BCUT2D eigenvalue weighted by Crippen LogP contribution is -2.47. The van der Waals surface area contributed by atoms with Gasteiger partial charge in [-0.2, -0.15) is 0 Å². The molecule has 0 aliphatic carbocycles. The maximum Gasteiger partial charge on any atom is 0.323 e. The van der Waals surface area contributed by atoms with E-state index in [1.807, 2.05) is 0 Å². The number of aliphatic carboxylic acids is 1. The first-order chi connectivity index (χ1) is 8.91. The molecule has 1 aromatic carbocycles. The Morgan fingerprint density at radius 3 is 2.26 bits per heavy atom. The molecular formula is C12H15N3O4. The highest BCUT2D eigenvalue weighted by atomic mass is 16.4. The number of carbonyl (C=O) groups is 3. The van der Waals surface area contributed by atoms with Crippen LogP contribution in [0.15, 0.2) is 30.3 Å². The van der Waals surface area contributed by atoms with E-state index in [4.69, 9.17) is 16.6 Å². The second-order valence-corrected chi connectivity index (χ2v) is 3.93. The number of para-hydroxylation sites is 1. The van der Waals surface area contributed by atoms with Crippen molar-refractivity contribution >= 4 is 23.5 Å². The first-order valence-corrected chi connectivity index (χ1v) is 5.54. The van der Waals surface area contributed by atoms with Crippen molar-refractivity contribution in [1.82, 2.24) is 0 Å². The molecule has 7 nitrogen and oxygen atoms in total. The predicted molar refractivity (Wildman–Crippen MR) is 68.2 cm³/mol. The number of carboxylic acid groups (broad SMARTS) is 1. The fourth-order valence-electron chi connectivity index (χ4n) is 1.54. The minimum absolute atomic E-state index is 0.332. The van der Waals surface area contributed by atoms with Crippen molar-refractivity contribution in [3.8, 4) is 0 Å². The summed E-state index contributed by atoms with van der Waals surface area (Å²) in [5.74, 6) is -2.56. The summed E-state index contributed by atoms with van der Waals surface area (Å²) in [6, 6.07) is 7.07. The number of carboxylic acids is 1. The van der Waals surface area contributed by atoms with Crippen LogP contribution in [0.1, 0.15) is 6.42 Å². The molecule has 0 radical (unpaired) electrons. The first-order valence-electron chi connectivity index (χ1n) is 5.54. The number of benzene rings is 1. The Hall–Kier alpha value is -2.41. The van der Waals surface area contributed by atoms with E-state index in [-0.39, 0.29) is 6.42 Å². The fraction of sp³-hybridized carbons (Fsp3) is 0.250. The number of primary amides is 1. The molecule has 0 aliphatic rings. The zero-order chi connectivity index (χ0) is 14.4. The molecule has 0 saturated heterocycles. The molecular weight excluding hydrogens is 250 g/mol. The van der Waals surface area contributed by atoms with Gasteiger partial charge in [0.05, 0.1) is 12.5 Å². The van der Waals surface area contributed by atoms with Gasteiger partial charge in [-0.3, -0.25) is 19.3 Å². The largest absolute Gasteiger partial charge is 0.480 e. The number of amides is 2. The number of nitrogens with two attached hydrogens (primary N) is 2. The third-order valence-electron chi connectivity index (χ3n) is 2.37. The van der Waals surface area contributed by atoms with Gasteiger partial charge in [-0.05, 0) is 12.1 Å².